The van der Waals surface area contributed by atoms with E-state index < -0.39 is 12.0 Å². The Bertz CT molecular complexity index is 249. The Balaban J connectivity index is 2.47. The normalized spacial score (nSPS) is 12.5. The van der Waals surface area contributed by atoms with E-state index in [9.17, 15) is 4.79 Å². The summed E-state index contributed by atoms with van der Waals surface area (Å²) in [7, 11) is 0. The number of aromatic amines is 1. The van der Waals surface area contributed by atoms with Gasteiger partial charge in [-0.05, 0) is 0 Å². The Kier molecular flexibility index (Phi) is 3.48. The van der Waals surface area contributed by atoms with Crippen LogP contribution in [0.2, 0.25) is 0 Å². The third-order valence-corrected chi connectivity index (χ3v) is 1.80. The van der Waals surface area contributed by atoms with Gasteiger partial charge in [-0.3, -0.25) is 0 Å². The molecule has 12 heavy (non-hydrogen) atoms. The third kappa shape index (κ3) is 2.45. The van der Waals surface area contributed by atoms with Crippen molar-refractivity contribution in [3.63, 3.8) is 0 Å². The van der Waals surface area contributed by atoms with Gasteiger partial charge in [0.15, 0.2) is 23.0 Å². The van der Waals surface area contributed by atoms with Gasteiger partial charge in [-0.2, -0.15) is 0 Å². The summed E-state index contributed by atoms with van der Waals surface area (Å²) in [6, 6.07) is -0.634. The number of hydrogen-bond acceptors (Lipinski definition) is 4. The van der Waals surface area contributed by atoms with Crippen LogP contribution in [0, 0.1) is 0 Å². The van der Waals surface area contributed by atoms with Gasteiger partial charge in [0.25, 0.3) is 0 Å². The van der Waals surface area contributed by atoms with Crippen LogP contribution in [0.4, 0.5) is 0 Å². The quantitative estimate of drug-likeness (QED) is 0.774. The summed E-state index contributed by atoms with van der Waals surface area (Å²) in [6.07, 6.45) is 3.63. The molecule has 0 aliphatic rings. The minimum absolute atomic E-state index is 0.394. The fraction of sp³-hybridized carbons (Fsp3) is 0.333. The van der Waals surface area contributed by atoms with Gasteiger partial charge in [-0.15, -0.1) is 0 Å². The molecule has 0 aliphatic heterocycles. The van der Waals surface area contributed by atoms with Gasteiger partial charge < -0.3 is 13.8 Å². The highest BCUT2D eigenvalue weighted by atomic mass is 127. The molecule has 0 aromatic carbocycles. The van der Waals surface area contributed by atoms with Crippen LogP contribution in [0.5, 0.6) is 0 Å². The maximum atomic E-state index is 10.8. The molecule has 0 fully saturated rings. The number of rotatable bonds is 3. The second kappa shape index (κ2) is 4.41. The first kappa shape index (κ1) is 9.46. The topological polar surface area (TPSA) is 81.0 Å². The molecule has 0 saturated carbocycles. The number of nitrogens with zero attached hydrogens (tertiary/aromatic N) is 1. The predicted molar refractivity (Wildman–Crippen MR) is 50.4 cm³/mol. The van der Waals surface area contributed by atoms with Crippen LogP contribution in [-0.4, -0.2) is 22.0 Å². The molecular weight excluding hydrogens is 273 g/mol. The summed E-state index contributed by atoms with van der Waals surface area (Å²) < 4.78 is 4.43. The highest BCUT2D eigenvalue weighted by molar-refractivity contribution is 14.1. The minimum Gasteiger partial charge on any atom is -0.393 e. The van der Waals surface area contributed by atoms with Crippen molar-refractivity contribution in [2.24, 2.45) is 5.73 Å². The lowest BCUT2D eigenvalue weighted by molar-refractivity contribution is -0.132. The van der Waals surface area contributed by atoms with Crippen molar-refractivity contribution in [3.05, 3.63) is 18.2 Å². The Morgan fingerprint density at radius 2 is 2.67 bits per heavy atom. The largest absolute Gasteiger partial charge is 0.393 e. The zero-order valence-electron chi connectivity index (χ0n) is 6.16. The first-order valence-corrected chi connectivity index (χ1v) is 4.17. The number of carbonyl (C=O) groups is 1. The highest BCUT2D eigenvalue weighted by Crippen LogP contribution is 1.99. The van der Waals surface area contributed by atoms with E-state index in [1.807, 2.05) is 0 Å². The number of aromatic nitrogens is 2. The van der Waals surface area contributed by atoms with E-state index in [2.05, 4.69) is 13.0 Å². The maximum Gasteiger partial charge on any atom is 0.332 e. The van der Waals surface area contributed by atoms with Crippen LogP contribution < -0.4 is 5.73 Å². The van der Waals surface area contributed by atoms with E-state index >= 15 is 0 Å². The third-order valence-electron chi connectivity index (χ3n) is 1.36. The zero-order valence-corrected chi connectivity index (χ0v) is 8.32. The van der Waals surface area contributed by atoms with Crippen molar-refractivity contribution in [1.82, 2.24) is 9.97 Å². The number of imidazole rings is 1. The van der Waals surface area contributed by atoms with Gasteiger partial charge in [0.05, 0.1) is 12.0 Å². The number of H-pyrrole nitrogens is 1. The lowest BCUT2D eigenvalue weighted by Gasteiger charge is -2.04. The lowest BCUT2D eigenvalue weighted by Crippen LogP contribution is -2.32. The smallest absolute Gasteiger partial charge is 0.332 e. The number of halogens is 1. The van der Waals surface area contributed by atoms with Crippen molar-refractivity contribution in [1.29, 1.82) is 0 Å². The van der Waals surface area contributed by atoms with Crippen LogP contribution in [0.3, 0.4) is 0 Å². The van der Waals surface area contributed by atoms with Crippen LogP contribution >= 0.6 is 23.0 Å². The molecule has 1 aromatic heterocycles. The van der Waals surface area contributed by atoms with Gasteiger partial charge >= 0.3 is 5.97 Å². The van der Waals surface area contributed by atoms with E-state index in [0.29, 0.717) is 6.42 Å². The molecule has 0 saturated heterocycles. The van der Waals surface area contributed by atoms with Crippen molar-refractivity contribution >= 4 is 29.0 Å². The standard InChI is InChI=1S/C6H8IN3O2/c7-12-6(11)5(8)1-4-2-9-3-10-4/h2-3,5H,1,8H2,(H,9,10)/t5-/m0/s1. The molecule has 0 bridgehead atoms. The van der Waals surface area contributed by atoms with Gasteiger partial charge in [-0.1, -0.05) is 0 Å². The average Bonchev–Trinajstić information content (AvgIpc) is 2.55. The Morgan fingerprint density at radius 3 is 3.17 bits per heavy atom. The Hall–Kier alpha value is -0.630. The first-order chi connectivity index (χ1) is 5.74. The Morgan fingerprint density at radius 1 is 1.92 bits per heavy atom. The van der Waals surface area contributed by atoms with Crippen LogP contribution in [0.1, 0.15) is 5.69 Å². The summed E-state index contributed by atoms with van der Waals surface area (Å²) in [5.41, 5.74) is 6.24. The van der Waals surface area contributed by atoms with E-state index in [4.69, 9.17) is 5.73 Å². The number of carbonyl (C=O) groups excluding carboxylic acids is 1. The first-order valence-electron chi connectivity index (χ1n) is 3.29. The average molecular weight is 281 g/mol. The predicted octanol–water partition coefficient (Wildman–Crippen LogP) is 0.173. The summed E-state index contributed by atoms with van der Waals surface area (Å²) in [6.45, 7) is 0. The summed E-state index contributed by atoms with van der Waals surface area (Å²) in [5, 5.41) is 0. The molecule has 6 heteroatoms. The minimum atomic E-state index is -0.634. The van der Waals surface area contributed by atoms with Gasteiger partial charge in [0.2, 0.25) is 0 Å². The fourth-order valence-electron chi connectivity index (χ4n) is 0.768. The van der Waals surface area contributed by atoms with Crippen molar-refractivity contribution in [2.45, 2.75) is 12.5 Å². The molecule has 1 heterocycles. The maximum absolute atomic E-state index is 10.8. The molecule has 1 atom stereocenters. The van der Waals surface area contributed by atoms with Crippen LogP contribution in [0.15, 0.2) is 12.5 Å². The monoisotopic (exact) mass is 281 g/mol. The van der Waals surface area contributed by atoms with E-state index in [1.165, 1.54) is 29.3 Å². The zero-order chi connectivity index (χ0) is 8.97. The van der Waals surface area contributed by atoms with Gasteiger partial charge in [0.1, 0.15) is 6.04 Å². The summed E-state index contributed by atoms with van der Waals surface area (Å²) in [4.78, 5) is 17.5. The molecule has 3 N–H and O–H groups in total. The van der Waals surface area contributed by atoms with E-state index in [1.54, 1.807) is 6.20 Å². The van der Waals surface area contributed by atoms with Gasteiger partial charge in [-0.25, -0.2) is 9.78 Å². The molecule has 0 aliphatic carbocycles. The van der Waals surface area contributed by atoms with Crippen molar-refractivity contribution in [3.8, 4) is 0 Å². The molecule has 5 nitrogen and oxygen atoms in total. The molecule has 1 aromatic rings. The van der Waals surface area contributed by atoms with E-state index in [-0.39, 0.29) is 0 Å². The summed E-state index contributed by atoms with van der Waals surface area (Å²) >= 11 is 1.51. The lowest BCUT2D eigenvalue weighted by atomic mass is 10.2. The Labute approximate surface area is 83.4 Å². The number of nitrogens with two attached hydrogens (primary N) is 1. The van der Waals surface area contributed by atoms with Crippen LogP contribution in [-0.2, 0) is 14.3 Å². The fourth-order valence-corrected chi connectivity index (χ4v) is 1.09. The summed E-state index contributed by atoms with van der Waals surface area (Å²) in [5.74, 6) is -0.432. The molecule has 0 unspecified atom stereocenters. The molecule has 0 spiro atoms. The van der Waals surface area contributed by atoms with Crippen molar-refractivity contribution < 1.29 is 7.86 Å². The number of hydrogen-bond donors (Lipinski definition) is 2. The molecule has 66 valence electrons. The second-order valence-electron chi connectivity index (χ2n) is 2.27. The molecule has 1 rings (SSSR count). The van der Waals surface area contributed by atoms with Crippen molar-refractivity contribution in [2.75, 3.05) is 0 Å². The van der Waals surface area contributed by atoms with E-state index in [0.717, 1.165) is 5.69 Å². The highest BCUT2D eigenvalue weighted by Gasteiger charge is 2.15. The van der Waals surface area contributed by atoms with Gasteiger partial charge in [0, 0.05) is 12.6 Å². The second-order valence-corrected chi connectivity index (χ2v) is 2.71. The molecule has 0 radical (unpaired) electrons. The SMILES string of the molecule is N[C@@H](Cc1c[nH]cn1)C(=O)OI. The molecular formula is C6H8IN3O2. The van der Waals surface area contributed by atoms with Crippen LogP contribution in [0.25, 0.3) is 0 Å². The molecule has 0 amide bonds. The number of nitrogens with one attached hydrogen (secondary N) is 1.